The molecular formula is C18H21ClN2O3S. The van der Waals surface area contributed by atoms with Crippen molar-refractivity contribution in [1.29, 1.82) is 0 Å². The molecule has 0 aromatic heterocycles. The van der Waals surface area contributed by atoms with Crippen LogP contribution < -0.4 is 9.62 Å². The molecule has 0 fully saturated rings. The molecule has 7 heteroatoms. The number of anilines is 2. The smallest absolute Gasteiger partial charge is 0.232 e. The van der Waals surface area contributed by atoms with Crippen molar-refractivity contribution in [2.75, 3.05) is 22.4 Å². The van der Waals surface area contributed by atoms with Gasteiger partial charge in [-0.25, -0.2) is 8.42 Å². The van der Waals surface area contributed by atoms with Gasteiger partial charge in [0.25, 0.3) is 0 Å². The summed E-state index contributed by atoms with van der Waals surface area (Å²) in [5.41, 5.74) is 2.38. The zero-order valence-electron chi connectivity index (χ0n) is 14.2. The molecule has 25 heavy (non-hydrogen) atoms. The summed E-state index contributed by atoms with van der Waals surface area (Å²) < 4.78 is 25.3. The number of hydrogen-bond donors (Lipinski definition) is 1. The van der Waals surface area contributed by atoms with Crippen LogP contribution in [0.1, 0.15) is 18.4 Å². The van der Waals surface area contributed by atoms with Gasteiger partial charge in [-0.15, -0.1) is 0 Å². The lowest BCUT2D eigenvalue weighted by Gasteiger charge is -2.22. The number of carbonyl (C=O) groups excluding carboxylic acids is 1. The summed E-state index contributed by atoms with van der Waals surface area (Å²) in [5, 5.41) is 3.34. The van der Waals surface area contributed by atoms with E-state index in [1.54, 1.807) is 24.3 Å². The second kappa shape index (κ2) is 8.36. The molecule has 2 aromatic rings. The first-order valence-corrected chi connectivity index (χ1v) is 10.1. The second-order valence-electron chi connectivity index (χ2n) is 5.83. The predicted octanol–water partition coefficient (Wildman–Crippen LogP) is 3.83. The Balaban J connectivity index is 1.93. The zero-order valence-corrected chi connectivity index (χ0v) is 15.8. The molecule has 5 nitrogen and oxygen atoms in total. The van der Waals surface area contributed by atoms with Gasteiger partial charge >= 0.3 is 0 Å². The average Bonchev–Trinajstić information content (AvgIpc) is 2.54. The fourth-order valence-corrected chi connectivity index (χ4v) is 3.43. The largest absolute Gasteiger partial charge is 0.326 e. The molecule has 0 saturated carbocycles. The van der Waals surface area contributed by atoms with Gasteiger partial charge < -0.3 is 5.32 Å². The minimum atomic E-state index is -3.43. The minimum Gasteiger partial charge on any atom is -0.326 e. The van der Waals surface area contributed by atoms with E-state index >= 15 is 0 Å². The highest BCUT2D eigenvalue weighted by Crippen LogP contribution is 2.21. The van der Waals surface area contributed by atoms with Gasteiger partial charge in [0, 0.05) is 23.7 Å². The molecule has 0 heterocycles. The first-order valence-electron chi connectivity index (χ1n) is 7.85. The van der Waals surface area contributed by atoms with Gasteiger partial charge in [-0.3, -0.25) is 9.10 Å². The Morgan fingerprint density at radius 1 is 1.08 bits per heavy atom. The number of benzene rings is 2. The highest BCUT2D eigenvalue weighted by Gasteiger charge is 2.17. The van der Waals surface area contributed by atoms with Gasteiger partial charge in [-0.1, -0.05) is 29.3 Å². The molecule has 0 bridgehead atoms. The lowest BCUT2D eigenvalue weighted by Crippen LogP contribution is -2.31. The van der Waals surface area contributed by atoms with Crippen molar-refractivity contribution < 1.29 is 13.2 Å². The Bertz CT molecular complexity index is 818. The van der Waals surface area contributed by atoms with E-state index in [2.05, 4.69) is 5.32 Å². The number of halogens is 1. The lowest BCUT2D eigenvalue weighted by molar-refractivity contribution is -0.116. The first kappa shape index (κ1) is 19.3. The van der Waals surface area contributed by atoms with Crippen LogP contribution in [0.15, 0.2) is 48.5 Å². The van der Waals surface area contributed by atoms with Crippen molar-refractivity contribution in [1.82, 2.24) is 0 Å². The molecule has 2 rings (SSSR count). The molecule has 0 spiro atoms. The van der Waals surface area contributed by atoms with Gasteiger partial charge in [-0.2, -0.15) is 0 Å². The van der Waals surface area contributed by atoms with E-state index in [1.165, 1.54) is 4.31 Å². The van der Waals surface area contributed by atoms with Gasteiger partial charge in [0.2, 0.25) is 15.9 Å². The van der Waals surface area contributed by atoms with E-state index in [0.29, 0.717) is 17.1 Å². The molecule has 0 saturated heterocycles. The lowest BCUT2D eigenvalue weighted by atomic mass is 10.2. The number of rotatable bonds is 7. The molecule has 0 radical (unpaired) electrons. The van der Waals surface area contributed by atoms with Crippen LogP contribution in [-0.4, -0.2) is 27.1 Å². The Morgan fingerprint density at radius 3 is 2.24 bits per heavy atom. The Hall–Kier alpha value is -2.05. The summed E-state index contributed by atoms with van der Waals surface area (Å²) in [7, 11) is -3.43. The SMILES string of the molecule is Cc1ccc(NC(=O)CCCN(c2ccc(Cl)cc2)S(C)(=O)=O)cc1. The van der Waals surface area contributed by atoms with E-state index in [9.17, 15) is 13.2 Å². The fraction of sp³-hybridized carbons (Fsp3) is 0.278. The zero-order chi connectivity index (χ0) is 18.4. The summed E-state index contributed by atoms with van der Waals surface area (Å²) in [4.78, 5) is 12.0. The normalized spacial score (nSPS) is 11.2. The number of aryl methyl sites for hydroxylation is 1. The van der Waals surface area contributed by atoms with Crippen molar-refractivity contribution in [3.63, 3.8) is 0 Å². The van der Waals surface area contributed by atoms with E-state index in [-0.39, 0.29) is 18.9 Å². The maximum absolute atomic E-state index is 12.0. The standard InChI is InChI=1S/C18H21ClN2O3S/c1-14-5-9-16(10-6-14)20-18(22)4-3-13-21(25(2,23)24)17-11-7-15(19)8-12-17/h5-12H,3-4,13H2,1-2H3,(H,20,22). The third-order valence-electron chi connectivity index (χ3n) is 3.62. The van der Waals surface area contributed by atoms with Crippen molar-refractivity contribution in [3.8, 4) is 0 Å². The van der Waals surface area contributed by atoms with Crippen LogP contribution in [0.2, 0.25) is 5.02 Å². The van der Waals surface area contributed by atoms with Crippen LogP contribution >= 0.6 is 11.6 Å². The molecule has 0 aliphatic carbocycles. The molecule has 0 aliphatic heterocycles. The Morgan fingerprint density at radius 2 is 1.68 bits per heavy atom. The fourth-order valence-electron chi connectivity index (χ4n) is 2.34. The van der Waals surface area contributed by atoms with E-state index in [0.717, 1.165) is 17.5 Å². The van der Waals surface area contributed by atoms with Crippen LogP contribution in [0.4, 0.5) is 11.4 Å². The quantitative estimate of drug-likeness (QED) is 0.793. The molecule has 0 atom stereocenters. The van der Waals surface area contributed by atoms with Crippen molar-refractivity contribution in [2.24, 2.45) is 0 Å². The minimum absolute atomic E-state index is 0.145. The van der Waals surface area contributed by atoms with Crippen molar-refractivity contribution in [2.45, 2.75) is 19.8 Å². The van der Waals surface area contributed by atoms with Gasteiger partial charge in [0.05, 0.1) is 11.9 Å². The average molecular weight is 381 g/mol. The molecule has 1 amide bonds. The van der Waals surface area contributed by atoms with Crippen LogP contribution in [0.3, 0.4) is 0 Å². The Labute approximate surface area is 153 Å². The molecule has 2 aromatic carbocycles. The van der Waals surface area contributed by atoms with Gasteiger partial charge in [0.1, 0.15) is 0 Å². The molecule has 0 aliphatic rings. The number of hydrogen-bond acceptors (Lipinski definition) is 3. The summed E-state index contributed by atoms with van der Waals surface area (Å²) in [6.45, 7) is 2.20. The Kier molecular flexibility index (Phi) is 6.45. The van der Waals surface area contributed by atoms with Crippen molar-refractivity contribution in [3.05, 3.63) is 59.1 Å². The number of amides is 1. The highest BCUT2D eigenvalue weighted by atomic mass is 35.5. The number of nitrogens with one attached hydrogen (secondary N) is 1. The maximum Gasteiger partial charge on any atom is 0.232 e. The molecule has 134 valence electrons. The van der Waals surface area contributed by atoms with E-state index in [1.807, 2.05) is 31.2 Å². The predicted molar refractivity (Wildman–Crippen MR) is 103 cm³/mol. The number of carbonyl (C=O) groups is 1. The van der Waals surface area contributed by atoms with E-state index < -0.39 is 10.0 Å². The van der Waals surface area contributed by atoms with Gasteiger partial charge in [-0.05, 0) is 49.7 Å². The summed E-state index contributed by atoms with van der Waals surface area (Å²) >= 11 is 5.84. The summed E-state index contributed by atoms with van der Waals surface area (Å²) in [6, 6.07) is 14.1. The summed E-state index contributed by atoms with van der Waals surface area (Å²) in [6.07, 6.45) is 1.79. The van der Waals surface area contributed by atoms with Gasteiger partial charge in [0.15, 0.2) is 0 Å². The molecule has 0 unspecified atom stereocenters. The number of sulfonamides is 1. The first-order chi connectivity index (χ1) is 11.8. The van der Waals surface area contributed by atoms with Crippen LogP contribution in [0, 0.1) is 6.92 Å². The number of nitrogens with zero attached hydrogens (tertiary/aromatic N) is 1. The van der Waals surface area contributed by atoms with Crippen LogP contribution in [0.5, 0.6) is 0 Å². The van der Waals surface area contributed by atoms with Crippen LogP contribution in [-0.2, 0) is 14.8 Å². The molecule has 1 N–H and O–H groups in total. The monoisotopic (exact) mass is 380 g/mol. The third kappa shape index (κ3) is 6.07. The van der Waals surface area contributed by atoms with E-state index in [4.69, 9.17) is 11.6 Å². The second-order valence-corrected chi connectivity index (χ2v) is 8.17. The summed E-state index contributed by atoms with van der Waals surface area (Å²) in [5.74, 6) is -0.145. The third-order valence-corrected chi connectivity index (χ3v) is 5.06. The van der Waals surface area contributed by atoms with Crippen LogP contribution in [0.25, 0.3) is 0 Å². The maximum atomic E-state index is 12.0. The van der Waals surface area contributed by atoms with Crippen molar-refractivity contribution >= 4 is 38.9 Å². The highest BCUT2D eigenvalue weighted by molar-refractivity contribution is 7.92. The molecular weight excluding hydrogens is 360 g/mol. The topological polar surface area (TPSA) is 66.5 Å².